The molecule has 0 amide bonds. The predicted molar refractivity (Wildman–Crippen MR) is 68.0 cm³/mol. The van der Waals surface area contributed by atoms with E-state index in [1.165, 1.54) is 0 Å². The lowest BCUT2D eigenvalue weighted by molar-refractivity contribution is -0.559. The Morgan fingerprint density at radius 2 is 1.90 bits per heavy atom. The number of hydrogen-bond donors (Lipinski definition) is 0. The number of hydrogen-bond acceptors (Lipinski definition) is 5. The average molecular weight is 282 g/mol. The summed E-state index contributed by atoms with van der Waals surface area (Å²) in [6, 6.07) is 0. The van der Waals surface area contributed by atoms with Crippen LogP contribution in [-0.4, -0.2) is 23.6 Å². The Morgan fingerprint density at radius 1 is 1.10 bits per heavy atom. The van der Waals surface area contributed by atoms with Crippen molar-refractivity contribution < 1.29 is 24.0 Å². The quantitative estimate of drug-likeness (QED) is 0.504. The summed E-state index contributed by atoms with van der Waals surface area (Å²) in [5, 5.41) is 0. The molecule has 1 aliphatic carbocycles. The van der Waals surface area contributed by atoms with Crippen LogP contribution in [0, 0.1) is 23.7 Å². The molecule has 5 aliphatic rings. The van der Waals surface area contributed by atoms with Gasteiger partial charge in [0.15, 0.2) is 5.60 Å². The Kier molecular flexibility index (Phi) is 2.58. The van der Waals surface area contributed by atoms with Gasteiger partial charge in [-0.1, -0.05) is 13.8 Å². The van der Waals surface area contributed by atoms with Crippen molar-refractivity contribution in [1.29, 1.82) is 0 Å². The van der Waals surface area contributed by atoms with Crippen LogP contribution < -0.4 is 0 Å². The van der Waals surface area contributed by atoms with Crippen molar-refractivity contribution >= 4 is 5.97 Å². The zero-order valence-corrected chi connectivity index (χ0v) is 12.3. The molecule has 0 aromatic heterocycles. The number of esters is 1. The highest BCUT2D eigenvalue weighted by atomic mass is 17.3. The fourth-order valence-electron chi connectivity index (χ4n) is 4.76. The molecular formula is C15H22O5. The lowest BCUT2D eigenvalue weighted by atomic mass is 9.58. The maximum atomic E-state index is 12.1. The van der Waals surface area contributed by atoms with Crippen LogP contribution in [-0.2, 0) is 24.0 Å². The second-order valence-corrected chi connectivity index (χ2v) is 7.14. The molecule has 0 radical (unpaired) electrons. The molecule has 0 N–H and O–H groups in total. The third-order valence-corrected chi connectivity index (χ3v) is 5.97. The Labute approximate surface area is 118 Å². The smallest absolute Gasteiger partial charge is 0.311 e. The first-order valence-electron chi connectivity index (χ1n) is 7.71. The monoisotopic (exact) mass is 282 g/mol. The van der Waals surface area contributed by atoms with Crippen molar-refractivity contribution in [2.24, 2.45) is 23.7 Å². The number of fused-ring (bicyclic) bond motifs is 2. The molecule has 1 spiro atoms. The third-order valence-electron chi connectivity index (χ3n) is 5.97. The van der Waals surface area contributed by atoms with Gasteiger partial charge < -0.3 is 9.47 Å². The lowest BCUT2D eigenvalue weighted by Gasteiger charge is -2.57. The maximum absolute atomic E-state index is 12.1. The number of carbonyl (C=O) groups excluding carboxylic acids is 1. The van der Waals surface area contributed by atoms with Gasteiger partial charge in [-0.25, -0.2) is 9.78 Å². The second kappa shape index (κ2) is 3.96. The Balaban J connectivity index is 1.84. The molecule has 5 nitrogen and oxygen atoms in total. The summed E-state index contributed by atoms with van der Waals surface area (Å²) >= 11 is 0. The molecule has 4 saturated heterocycles. The van der Waals surface area contributed by atoms with Gasteiger partial charge >= 0.3 is 5.97 Å². The number of carbonyl (C=O) groups is 1. The lowest BCUT2D eigenvalue weighted by Crippen LogP contribution is -2.69. The van der Waals surface area contributed by atoms with Gasteiger partial charge in [0.05, 0.1) is 5.92 Å². The van der Waals surface area contributed by atoms with E-state index in [-0.39, 0.29) is 17.8 Å². The highest BCUT2D eigenvalue weighted by Gasteiger charge is 2.69. The van der Waals surface area contributed by atoms with Crippen LogP contribution >= 0.6 is 0 Å². The average Bonchev–Trinajstić information content (AvgIpc) is 2.63. The van der Waals surface area contributed by atoms with E-state index in [9.17, 15) is 4.79 Å². The fourth-order valence-corrected chi connectivity index (χ4v) is 4.76. The Morgan fingerprint density at radius 3 is 2.70 bits per heavy atom. The van der Waals surface area contributed by atoms with Gasteiger partial charge in [0.1, 0.15) is 0 Å². The molecule has 5 rings (SSSR count). The van der Waals surface area contributed by atoms with E-state index in [0.717, 1.165) is 25.7 Å². The van der Waals surface area contributed by atoms with Crippen molar-refractivity contribution in [3.8, 4) is 0 Å². The number of ether oxygens (including phenoxy) is 2. The summed E-state index contributed by atoms with van der Waals surface area (Å²) in [5.74, 6) is -0.137. The molecule has 4 heterocycles. The summed E-state index contributed by atoms with van der Waals surface area (Å²) in [4.78, 5) is 23.7. The van der Waals surface area contributed by atoms with Crippen LogP contribution in [0.5, 0.6) is 0 Å². The van der Waals surface area contributed by atoms with Gasteiger partial charge in [0.25, 0.3) is 0 Å². The van der Waals surface area contributed by atoms with Crippen LogP contribution in [0.4, 0.5) is 0 Å². The predicted octanol–water partition coefficient (Wildman–Crippen LogP) is 2.39. The molecule has 3 unspecified atom stereocenters. The first kappa shape index (κ1) is 13.0. The van der Waals surface area contributed by atoms with Crippen LogP contribution in [0.2, 0.25) is 0 Å². The normalized spacial score (nSPS) is 57.8. The minimum atomic E-state index is -0.793. The van der Waals surface area contributed by atoms with Crippen LogP contribution in [0.3, 0.4) is 0 Å². The summed E-state index contributed by atoms with van der Waals surface area (Å²) in [5.41, 5.74) is -0.610. The van der Waals surface area contributed by atoms with E-state index in [0.29, 0.717) is 11.8 Å². The molecular weight excluding hydrogens is 260 g/mol. The first-order valence-corrected chi connectivity index (χ1v) is 7.71. The van der Waals surface area contributed by atoms with Crippen LogP contribution in [0.15, 0.2) is 0 Å². The van der Waals surface area contributed by atoms with Crippen molar-refractivity contribution in [2.75, 3.05) is 0 Å². The van der Waals surface area contributed by atoms with E-state index in [4.69, 9.17) is 19.2 Å². The maximum Gasteiger partial charge on any atom is 0.311 e. The van der Waals surface area contributed by atoms with E-state index < -0.39 is 17.7 Å². The molecule has 5 fully saturated rings. The van der Waals surface area contributed by atoms with Gasteiger partial charge in [0, 0.05) is 18.3 Å². The highest BCUT2D eigenvalue weighted by Crippen LogP contribution is 2.59. The van der Waals surface area contributed by atoms with Crippen molar-refractivity contribution in [2.45, 2.75) is 64.1 Å². The summed E-state index contributed by atoms with van der Waals surface area (Å²) in [7, 11) is 0. The van der Waals surface area contributed by atoms with Gasteiger partial charge in [-0.15, -0.1) is 0 Å². The minimum Gasteiger partial charge on any atom is -0.432 e. The highest BCUT2D eigenvalue weighted by molar-refractivity contribution is 5.74. The molecule has 20 heavy (non-hydrogen) atoms. The van der Waals surface area contributed by atoms with Gasteiger partial charge in [-0.3, -0.25) is 4.79 Å². The molecule has 112 valence electrons. The van der Waals surface area contributed by atoms with Crippen LogP contribution in [0.1, 0.15) is 46.5 Å². The molecule has 0 aromatic carbocycles. The molecule has 4 aliphatic heterocycles. The van der Waals surface area contributed by atoms with Crippen LogP contribution in [0.25, 0.3) is 0 Å². The zero-order valence-electron chi connectivity index (χ0n) is 12.3. The van der Waals surface area contributed by atoms with E-state index >= 15 is 0 Å². The molecule has 1 saturated carbocycles. The van der Waals surface area contributed by atoms with Gasteiger partial charge in [0.2, 0.25) is 12.1 Å². The molecule has 5 heteroatoms. The summed E-state index contributed by atoms with van der Waals surface area (Å²) < 4.78 is 11.6. The standard InChI is InChI=1S/C15H22O5/c1-8-4-5-11-9(2)12(16)17-13-15(11)10(8)6-7-14(3,18-13)19-20-15/h8-11,13H,4-7H2,1-3H3/t8-,9-,10+,11+,13?,14?,15?/m1/s1. The minimum absolute atomic E-state index is 0.123. The van der Waals surface area contributed by atoms with E-state index in [1.807, 2.05) is 13.8 Å². The SMILES string of the molecule is C[C@@H]1CC[C@H]2[C@@H](C)C(=O)OC3OC4(C)CC[C@@H]1C32OO4. The molecule has 0 aromatic rings. The van der Waals surface area contributed by atoms with E-state index in [1.54, 1.807) is 0 Å². The Hall–Kier alpha value is -0.650. The van der Waals surface area contributed by atoms with Gasteiger partial charge in [-0.2, -0.15) is 0 Å². The van der Waals surface area contributed by atoms with Crippen molar-refractivity contribution in [3.63, 3.8) is 0 Å². The van der Waals surface area contributed by atoms with E-state index in [2.05, 4.69) is 6.92 Å². The van der Waals surface area contributed by atoms with Crippen molar-refractivity contribution in [3.05, 3.63) is 0 Å². The largest absolute Gasteiger partial charge is 0.432 e. The molecule has 7 atom stereocenters. The summed E-state index contributed by atoms with van der Waals surface area (Å²) in [6.07, 6.45) is 3.24. The van der Waals surface area contributed by atoms with Gasteiger partial charge in [-0.05, 0) is 32.1 Å². The Bertz CT molecular complexity index is 452. The third kappa shape index (κ3) is 1.46. The fraction of sp³-hybridized carbons (Fsp3) is 0.933. The summed E-state index contributed by atoms with van der Waals surface area (Å²) in [6.45, 7) is 6.06. The second-order valence-electron chi connectivity index (χ2n) is 7.14. The zero-order chi connectivity index (χ0) is 14.1. The van der Waals surface area contributed by atoms with Crippen molar-refractivity contribution in [1.82, 2.24) is 0 Å². The topological polar surface area (TPSA) is 54.0 Å². The molecule has 2 bridgehead atoms. The first-order chi connectivity index (χ1) is 9.46. The number of rotatable bonds is 0.